The summed E-state index contributed by atoms with van der Waals surface area (Å²) in [6.45, 7) is 3.90. The lowest BCUT2D eigenvalue weighted by Gasteiger charge is -2.34. The molecule has 1 aliphatic rings. The number of carbonyl (C=O) groups is 1. The smallest absolute Gasteiger partial charge is 0.240 e. The molecule has 0 bridgehead atoms. The number of aryl methyl sites for hydroxylation is 1. The number of nitrogens with zero attached hydrogens (tertiary/aromatic N) is 3. The Morgan fingerprint density at radius 3 is 2.39 bits per heavy atom. The number of carbonyl (C=O) groups excluding carboxylic acids is 1. The molecule has 0 aliphatic carbocycles. The summed E-state index contributed by atoms with van der Waals surface area (Å²) < 4.78 is 25.9. The minimum Gasteiger partial charge on any atom is -0.340 e. The Morgan fingerprint density at radius 2 is 1.73 bits per heavy atom. The first-order chi connectivity index (χ1) is 15.9. The molecule has 0 atom stereocenters. The fraction of sp³-hybridized carbons (Fsp3) is 0.333. The number of rotatable bonds is 8. The monoisotopic (exact) mass is 484 g/mol. The third-order valence-corrected chi connectivity index (χ3v) is 8.18. The van der Waals surface area contributed by atoms with Crippen molar-refractivity contribution in [2.45, 2.75) is 24.3 Å². The highest BCUT2D eigenvalue weighted by Crippen LogP contribution is 2.24. The first-order valence-corrected chi connectivity index (χ1v) is 13.3. The summed E-state index contributed by atoms with van der Waals surface area (Å²) in [4.78, 5) is 21.9. The van der Waals surface area contributed by atoms with Gasteiger partial charge in [-0.25, -0.2) is 18.1 Å². The van der Waals surface area contributed by atoms with E-state index in [0.29, 0.717) is 25.9 Å². The Kier molecular flexibility index (Phi) is 7.54. The standard InChI is InChI=1S/C24H28N4O3S2/c1-25-33(30,31)22-10-7-19(8-11-22)9-12-23(29)28-15-13-27(14-16-28)17-21-18-32-24(26-21)20-5-3-2-4-6-20/h2-8,10-11,18,25H,9,12-17H2,1H3. The molecule has 0 unspecified atom stereocenters. The number of piperazine rings is 1. The van der Waals surface area contributed by atoms with Crippen LogP contribution in [0.1, 0.15) is 17.7 Å². The summed E-state index contributed by atoms with van der Waals surface area (Å²) in [5.74, 6) is 0.140. The van der Waals surface area contributed by atoms with Crippen LogP contribution in [-0.2, 0) is 27.8 Å². The molecule has 3 aromatic rings. The molecule has 1 N–H and O–H groups in total. The van der Waals surface area contributed by atoms with Gasteiger partial charge < -0.3 is 4.90 Å². The Balaban J connectivity index is 1.23. The van der Waals surface area contributed by atoms with Crippen molar-refractivity contribution >= 4 is 27.3 Å². The molecule has 0 radical (unpaired) electrons. The Hall–Kier alpha value is -2.59. The van der Waals surface area contributed by atoms with Crippen molar-refractivity contribution in [3.8, 4) is 10.6 Å². The van der Waals surface area contributed by atoms with E-state index in [0.717, 1.165) is 41.5 Å². The molecule has 1 amide bonds. The molecule has 2 heterocycles. The van der Waals surface area contributed by atoms with Crippen molar-refractivity contribution in [3.63, 3.8) is 0 Å². The number of benzene rings is 2. The molecule has 1 aliphatic heterocycles. The molecule has 4 rings (SSSR count). The number of nitrogens with one attached hydrogen (secondary N) is 1. The average Bonchev–Trinajstić information content (AvgIpc) is 3.32. The van der Waals surface area contributed by atoms with Crippen LogP contribution in [0.3, 0.4) is 0 Å². The van der Waals surface area contributed by atoms with E-state index >= 15 is 0 Å². The minimum absolute atomic E-state index is 0.140. The van der Waals surface area contributed by atoms with Gasteiger partial charge in [0.15, 0.2) is 0 Å². The van der Waals surface area contributed by atoms with Gasteiger partial charge in [-0.3, -0.25) is 9.69 Å². The van der Waals surface area contributed by atoms with E-state index in [1.54, 1.807) is 35.6 Å². The van der Waals surface area contributed by atoms with Crippen molar-refractivity contribution < 1.29 is 13.2 Å². The van der Waals surface area contributed by atoms with E-state index in [1.807, 2.05) is 23.1 Å². The van der Waals surface area contributed by atoms with Gasteiger partial charge in [-0.15, -0.1) is 11.3 Å². The van der Waals surface area contributed by atoms with Gasteiger partial charge >= 0.3 is 0 Å². The third-order valence-electron chi connectivity index (χ3n) is 5.81. The van der Waals surface area contributed by atoms with Crippen molar-refractivity contribution in [1.29, 1.82) is 0 Å². The zero-order valence-electron chi connectivity index (χ0n) is 18.6. The zero-order chi connectivity index (χ0) is 23.3. The van der Waals surface area contributed by atoms with Gasteiger partial charge in [0.2, 0.25) is 15.9 Å². The summed E-state index contributed by atoms with van der Waals surface area (Å²) in [5, 5.41) is 3.16. The lowest BCUT2D eigenvalue weighted by atomic mass is 10.1. The van der Waals surface area contributed by atoms with Crippen LogP contribution < -0.4 is 4.72 Å². The molecule has 2 aromatic carbocycles. The highest BCUT2D eigenvalue weighted by Gasteiger charge is 2.21. The van der Waals surface area contributed by atoms with Gasteiger partial charge in [-0.05, 0) is 31.2 Å². The summed E-state index contributed by atoms with van der Waals surface area (Å²) in [6.07, 6.45) is 1.02. The molecule has 7 nitrogen and oxygen atoms in total. The van der Waals surface area contributed by atoms with E-state index in [9.17, 15) is 13.2 Å². The van der Waals surface area contributed by atoms with E-state index in [1.165, 1.54) is 7.05 Å². The number of aromatic nitrogens is 1. The predicted molar refractivity (Wildman–Crippen MR) is 130 cm³/mol. The van der Waals surface area contributed by atoms with E-state index in [4.69, 9.17) is 4.98 Å². The second-order valence-electron chi connectivity index (χ2n) is 8.02. The first-order valence-electron chi connectivity index (χ1n) is 11.0. The molecular weight excluding hydrogens is 456 g/mol. The normalized spacial score (nSPS) is 15.0. The second-order valence-corrected chi connectivity index (χ2v) is 10.8. The fourth-order valence-electron chi connectivity index (χ4n) is 3.84. The van der Waals surface area contributed by atoms with Gasteiger partial charge in [0, 0.05) is 50.1 Å². The van der Waals surface area contributed by atoms with Gasteiger partial charge in [0.05, 0.1) is 10.6 Å². The Morgan fingerprint density at radius 1 is 1.03 bits per heavy atom. The van der Waals surface area contributed by atoms with E-state index < -0.39 is 10.0 Å². The topological polar surface area (TPSA) is 82.6 Å². The fourth-order valence-corrected chi connectivity index (χ4v) is 5.39. The van der Waals surface area contributed by atoms with Crippen molar-refractivity contribution in [2.24, 2.45) is 0 Å². The van der Waals surface area contributed by atoms with Crippen LogP contribution in [0.2, 0.25) is 0 Å². The van der Waals surface area contributed by atoms with Gasteiger partial charge in [-0.2, -0.15) is 0 Å². The molecule has 1 fully saturated rings. The van der Waals surface area contributed by atoms with Crippen molar-refractivity contribution in [3.05, 3.63) is 71.2 Å². The molecule has 33 heavy (non-hydrogen) atoms. The molecule has 1 saturated heterocycles. The van der Waals surface area contributed by atoms with Gasteiger partial charge in [0.25, 0.3) is 0 Å². The van der Waals surface area contributed by atoms with Gasteiger partial charge in [-0.1, -0.05) is 42.5 Å². The largest absolute Gasteiger partial charge is 0.340 e. The number of sulfonamides is 1. The first kappa shape index (κ1) is 23.6. The van der Waals surface area contributed by atoms with Crippen LogP contribution in [0.5, 0.6) is 0 Å². The van der Waals surface area contributed by atoms with Crippen LogP contribution >= 0.6 is 11.3 Å². The lowest BCUT2D eigenvalue weighted by molar-refractivity contribution is -0.133. The third kappa shape index (κ3) is 6.05. The molecule has 1 aromatic heterocycles. The maximum Gasteiger partial charge on any atom is 0.240 e. The highest BCUT2D eigenvalue weighted by molar-refractivity contribution is 7.89. The van der Waals surface area contributed by atoms with Crippen LogP contribution in [-0.4, -0.2) is 62.3 Å². The SMILES string of the molecule is CNS(=O)(=O)c1ccc(CCC(=O)N2CCN(Cc3csc(-c4ccccc4)n3)CC2)cc1. The summed E-state index contributed by atoms with van der Waals surface area (Å²) in [5.41, 5.74) is 3.17. The molecule has 9 heteroatoms. The van der Waals surface area contributed by atoms with Crippen LogP contribution in [0.4, 0.5) is 0 Å². The molecule has 174 valence electrons. The van der Waals surface area contributed by atoms with Crippen molar-refractivity contribution in [1.82, 2.24) is 19.5 Å². The Bertz CT molecular complexity index is 1170. The van der Waals surface area contributed by atoms with Crippen LogP contribution in [0, 0.1) is 0 Å². The Labute approximate surface area is 199 Å². The van der Waals surface area contributed by atoms with Crippen LogP contribution in [0.25, 0.3) is 10.6 Å². The van der Waals surface area contributed by atoms with E-state index in [2.05, 4.69) is 27.1 Å². The molecule has 0 spiro atoms. The number of thiazole rings is 1. The second kappa shape index (κ2) is 10.6. The highest BCUT2D eigenvalue weighted by atomic mass is 32.2. The molecule has 0 saturated carbocycles. The number of amides is 1. The zero-order valence-corrected chi connectivity index (χ0v) is 20.2. The minimum atomic E-state index is -3.44. The van der Waals surface area contributed by atoms with E-state index in [-0.39, 0.29) is 10.8 Å². The summed E-state index contributed by atoms with van der Waals surface area (Å²) >= 11 is 1.67. The summed E-state index contributed by atoms with van der Waals surface area (Å²) in [7, 11) is -2.05. The molecular formula is C24H28N4O3S2. The maximum atomic E-state index is 12.7. The average molecular weight is 485 g/mol. The van der Waals surface area contributed by atoms with Crippen molar-refractivity contribution in [2.75, 3.05) is 33.2 Å². The van der Waals surface area contributed by atoms with Crippen LogP contribution in [0.15, 0.2) is 64.9 Å². The lowest BCUT2D eigenvalue weighted by Crippen LogP contribution is -2.48. The van der Waals surface area contributed by atoms with Gasteiger partial charge in [0.1, 0.15) is 5.01 Å². The number of hydrogen-bond acceptors (Lipinski definition) is 6. The summed E-state index contributed by atoms with van der Waals surface area (Å²) in [6, 6.07) is 16.9. The quantitative estimate of drug-likeness (QED) is 0.532. The maximum absolute atomic E-state index is 12.7. The number of hydrogen-bond donors (Lipinski definition) is 1. The predicted octanol–water partition coefficient (Wildman–Crippen LogP) is 3.00.